The Hall–Kier alpha value is -1.51. The summed E-state index contributed by atoms with van der Waals surface area (Å²) in [5.41, 5.74) is 1.15. The van der Waals surface area contributed by atoms with Crippen molar-refractivity contribution in [2.24, 2.45) is 5.92 Å². The van der Waals surface area contributed by atoms with Gasteiger partial charge in [-0.3, -0.25) is 4.79 Å². The van der Waals surface area contributed by atoms with Gasteiger partial charge >= 0.3 is 5.97 Å². The van der Waals surface area contributed by atoms with E-state index in [1.165, 1.54) is 0 Å². The number of ether oxygens (including phenoxy) is 1. The lowest BCUT2D eigenvalue weighted by molar-refractivity contribution is -0.137. The van der Waals surface area contributed by atoms with E-state index in [4.69, 9.17) is 9.84 Å². The first-order valence-corrected chi connectivity index (χ1v) is 5.55. The third kappa shape index (κ3) is 4.34. The Bertz CT molecular complexity index is 330. The molecule has 0 aliphatic rings. The van der Waals surface area contributed by atoms with Crippen LogP contribution in [-0.4, -0.2) is 17.7 Å². The van der Waals surface area contributed by atoms with E-state index in [1.54, 1.807) is 0 Å². The monoisotopic (exact) mass is 222 g/mol. The lowest BCUT2D eigenvalue weighted by Crippen LogP contribution is -2.06. The number of benzene rings is 1. The molecule has 1 N–H and O–H groups in total. The van der Waals surface area contributed by atoms with E-state index in [-0.39, 0.29) is 12.3 Å². The number of carboxylic acids is 1. The maximum absolute atomic E-state index is 10.5. The topological polar surface area (TPSA) is 46.5 Å². The average molecular weight is 222 g/mol. The first-order valence-electron chi connectivity index (χ1n) is 5.55. The number of carbonyl (C=O) groups is 1. The fourth-order valence-corrected chi connectivity index (χ4v) is 1.66. The number of carboxylic acid groups (broad SMARTS) is 1. The Morgan fingerprint density at radius 3 is 2.50 bits per heavy atom. The standard InChI is InChI=1S/C13H18O3/c1-3-16-12-6-4-11(5-7-12)8-10(2)9-13(14)15/h4-7,10H,3,8-9H2,1-2H3,(H,14,15). The van der Waals surface area contributed by atoms with Crippen molar-refractivity contribution in [1.82, 2.24) is 0 Å². The molecule has 0 fully saturated rings. The van der Waals surface area contributed by atoms with Crippen molar-refractivity contribution in [2.75, 3.05) is 6.61 Å². The van der Waals surface area contributed by atoms with Crippen molar-refractivity contribution in [3.8, 4) is 5.75 Å². The fourth-order valence-electron chi connectivity index (χ4n) is 1.66. The molecule has 0 amide bonds. The molecule has 0 bridgehead atoms. The van der Waals surface area contributed by atoms with Crippen molar-refractivity contribution in [3.05, 3.63) is 29.8 Å². The summed E-state index contributed by atoms with van der Waals surface area (Å²) in [6.45, 7) is 4.56. The maximum atomic E-state index is 10.5. The number of rotatable bonds is 6. The van der Waals surface area contributed by atoms with E-state index in [0.29, 0.717) is 6.61 Å². The predicted molar refractivity (Wildman–Crippen MR) is 62.7 cm³/mol. The van der Waals surface area contributed by atoms with Gasteiger partial charge in [0.2, 0.25) is 0 Å². The fraction of sp³-hybridized carbons (Fsp3) is 0.462. The molecule has 88 valence electrons. The highest BCUT2D eigenvalue weighted by atomic mass is 16.5. The van der Waals surface area contributed by atoms with Crippen LogP contribution in [0.1, 0.15) is 25.8 Å². The van der Waals surface area contributed by atoms with Gasteiger partial charge in [-0.1, -0.05) is 19.1 Å². The van der Waals surface area contributed by atoms with Crippen LogP contribution in [0.15, 0.2) is 24.3 Å². The highest BCUT2D eigenvalue weighted by molar-refractivity contribution is 5.67. The van der Waals surface area contributed by atoms with Gasteiger partial charge in [0.1, 0.15) is 5.75 Å². The van der Waals surface area contributed by atoms with Crippen LogP contribution in [0, 0.1) is 5.92 Å². The van der Waals surface area contributed by atoms with Crippen molar-refractivity contribution in [2.45, 2.75) is 26.7 Å². The lowest BCUT2D eigenvalue weighted by atomic mass is 9.98. The molecule has 0 heterocycles. The van der Waals surface area contributed by atoms with Gasteiger partial charge in [-0.25, -0.2) is 0 Å². The zero-order chi connectivity index (χ0) is 12.0. The van der Waals surface area contributed by atoms with Gasteiger partial charge in [0, 0.05) is 6.42 Å². The summed E-state index contributed by atoms with van der Waals surface area (Å²) in [5, 5.41) is 8.66. The summed E-state index contributed by atoms with van der Waals surface area (Å²) >= 11 is 0. The Kier molecular flexibility index (Phi) is 4.83. The van der Waals surface area contributed by atoms with Crippen molar-refractivity contribution >= 4 is 5.97 Å². The van der Waals surface area contributed by atoms with Gasteiger partial charge in [0.05, 0.1) is 6.61 Å². The summed E-state index contributed by atoms with van der Waals surface area (Å²) in [7, 11) is 0. The van der Waals surface area contributed by atoms with Crippen LogP contribution in [0.5, 0.6) is 5.75 Å². The summed E-state index contributed by atoms with van der Waals surface area (Å²) < 4.78 is 5.34. The van der Waals surface area contributed by atoms with E-state index >= 15 is 0 Å². The average Bonchev–Trinajstić information content (AvgIpc) is 2.20. The first-order chi connectivity index (χ1) is 7.61. The number of hydrogen-bond donors (Lipinski definition) is 1. The molecule has 0 aliphatic carbocycles. The van der Waals surface area contributed by atoms with Crippen LogP contribution in [-0.2, 0) is 11.2 Å². The van der Waals surface area contributed by atoms with E-state index in [0.717, 1.165) is 17.7 Å². The molecule has 1 rings (SSSR count). The van der Waals surface area contributed by atoms with Gasteiger partial charge in [-0.2, -0.15) is 0 Å². The molecule has 16 heavy (non-hydrogen) atoms. The molecule has 0 aliphatic heterocycles. The summed E-state index contributed by atoms with van der Waals surface area (Å²) in [6, 6.07) is 7.82. The second-order valence-electron chi connectivity index (χ2n) is 3.98. The third-order valence-electron chi connectivity index (χ3n) is 2.34. The lowest BCUT2D eigenvalue weighted by Gasteiger charge is -2.09. The van der Waals surface area contributed by atoms with Gasteiger partial charge < -0.3 is 9.84 Å². The molecule has 0 radical (unpaired) electrons. The SMILES string of the molecule is CCOc1ccc(CC(C)CC(=O)O)cc1. The van der Waals surface area contributed by atoms with Crippen LogP contribution in [0.4, 0.5) is 0 Å². The Labute approximate surface area is 96.1 Å². The quantitative estimate of drug-likeness (QED) is 0.805. The molecule has 0 aromatic heterocycles. The summed E-state index contributed by atoms with van der Waals surface area (Å²) in [5.74, 6) is 0.283. The van der Waals surface area contributed by atoms with E-state index in [1.807, 2.05) is 38.1 Å². The molecule has 0 saturated heterocycles. The predicted octanol–water partition coefficient (Wildman–Crippen LogP) is 2.74. The smallest absolute Gasteiger partial charge is 0.303 e. The number of aliphatic carboxylic acids is 1. The molecule has 0 saturated carbocycles. The minimum absolute atomic E-state index is 0.162. The van der Waals surface area contributed by atoms with E-state index in [2.05, 4.69) is 0 Å². The minimum Gasteiger partial charge on any atom is -0.494 e. The van der Waals surface area contributed by atoms with Gasteiger partial charge in [-0.15, -0.1) is 0 Å². The van der Waals surface area contributed by atoms with Crippen molar-refractivity contribution < 1.29 is 14.6 Å². The molecule has 3 heteroatoms. The van der Waals surface area contributed by atoms with Crippen LogP contribution in [0.3, 0.4) is 0 Å². The Balaban J connectivity index is 2.51. The van der Waals surface area contributed by atoms with Gasteiger partial charge in [-0.05, 0) is 37.0 Å². The van der Waals surface area contributed by atoms with E-state index < -0.39 is 5.97 Å². The van der Waals surface area contributed by atoms with Crippen LogP contribution in [0.2, 0.25) is 0 Å². The second-order valence-corrected chi connectivity index (χ2v) is 3.98. The zero-order valence-corrected chi connectivity index (χ0v) is 9.77. The molecular formula is C13H18O3. The zero-order valence-electron chi connectivity index (χ0n) is 9.77. The van der Waals surface area contributed by atoms with Crippen LogP contribution in [0.25, 0.3) is 0 Å². The first kappa shape index (κ1) is 12.6. The normalized spacial score (nSPS) is 12.1. The Morgan fingerprint density at radius 2 is 2.00 bits per heavy atom. The summed E-state index contributed by atoms with van der Waals surface area (Å²) in [4.78, 5) is 10.5. The maximum Gasteiger partial charge on any atom is 0.303 e. The largest absolute Gasteiger partial charge is 0.494 e. The highest BCUT2D eigenvalue weighted by Gasteiger charge is 2.08. The highest BCUT2D eigenvalue weighted by Crippen LogP contribution is 2.16. The van der Waals surface area contributed by atoms with Crippen molar-refractivity contribution in [1.29, 1.82) is 0 Å². The van der Waals surface area contributed by atoms with E-state index in [9.17, 15) is 4.79 Å². The second kappa shape index (κ2) is 6.16. The van der Waals surface area contributed by atoms with Crippen LogP contribution < -0.4 is 4.74 Å². The van der Waals surface area contributed by atoms with Crippen LogP contribution >= 0.6 is 0 Å². The van der Waals surface area contributed by atoms with Crippen molar-refractivity contribution in [3.63, 3.8) is 0 Å². The molecule has 1 unspecified atom stereocenters. The molecule has 1 aromatic rings. The van der Waals surface area contributed by atoms with Gasteiger partial charge in [0.25, 0.3) is 0 Å². The molecule has 1 atom stereocenters. The molecule has 1 aromatic carbocycles. The Morgan fingerprint density at radius 1 is 1.38 bits per heavy atom. The molecule has 3 nitrogen and oxygen atoms in total. The minimum atomic E-state index is -0.738. The molecule has 0 spiro atoms. The summed E-state index contributed by atoms with van der Waals surface area (Å²) in [6.07, 6.45) is 1.01. The third-order valence-corrected chi connectivity index (χ3v) is 2.34. The number of hydrogen-bond acceptors (Lipinski definition) is 2. The van der Waals surface area contributed by atoms with Gasteiger partial charge in [0.15, 0.2) is 0 Å². The molecular weight excluding hydrogens is 204 g/mol.